The van der Waals surface area contributed by atoms with Crippen LogP contribution in [0, 0.1) is 11.3 Å². The molecular formula is C28H17N3O2. The average molecular weight is 427 g/mol. The Kier molecular flexibility index (Phi) is 3.98. The predicted molar refractivity (Wildman–Crippen MR) is 127 cm³/mol. The number of rotatable bonds is 2. The normalized spacial score (nSPS) is 13.0. The zero-order valence-corrected chi connectivity index (χ0v) is 17.7. The largest absolute Gasteiger partial charge is 0.308 e. The molecule has 1 aromatic heterocycles. The zero-order valence-electron chi connectivity index (χ0n) is 17.7. The molecule has 5 nitrogen and oxygen atoms in total. The highest BCUT2D eigenvalue weighted by molar-refractivity contribution is 6.23. The van der Waals surface area contributed by atoms with E-state index in [2.05, 4.69) is 24.3 Å². The van der Waals surface area contributed by atoms with Gasteiger partial charge in [-0.25, -0.2) is 0 Å². The Balaban J connectivity index is 1.73. The van der Waals surface area contributed by atoms with E-state index in [9.17, 15) is 14.9 Å². The van der Waals surface area contributed by atoms with Crippen molar-refractivity contribution in [1.29, 1.82) is 5.26 Å². The van der Waals surface area contributed by atoms with E-state index in [0.717, 1.165) is 37.8 Å². The molecule has 33 heavy (non-hydrogen) atoms. The number of nitrogens with zero attached hydrogens (tertiary/aromatic N) is 3. The zero-order chi connectivity index (χ0) is 22.7. The second-order valence-corrected chi connectivity index (χ2v) is 8.11. The van der Waals surface area contributed by atoms with Gasteiger partial charge in [-0.3, -0.25) is 14.5 Å². The Bertz CT molecular complexity index is 1690. The summed E-state index contributed by atoms with van der Waals surface area (Å²) in [5.74, 6) is -0.594. The molecule has 2 amide bonds. The fourth-order valence-corrected chi connectivity index (χ4v) is 4.80. The summed E-state index contributed by atoms with van der Waals surface area (Å²) in [6.07, 6.45) is 0. The fourth-order valence-electron chi connectivity index (χ4n) is 4.80. The molecule has 6 rings (SSSR count). The van der Waals surface area contributed by atoms with Crippen molar-refractivity contribution in [2.75, 3.05) is 7.05 Å². The minimum absolute atomic E-state index is 0.291. The molecule has 0 radical (unpaired) electrons. The van der Waals surface area contributed by atoms with Crippen LogP contribution in [0.15, 0.2) is 84.9 Å². The van der Waals surface area contributed by atoms with Gasteiger partial charge in [0.05, 0.1) is 39.5 Å². The third-order valence-electron chi connectivity index (χ3n) is 6.37. The first-order valence-electron chi connectivity index (χ1n) is 10.6. The van der Waals surface area contributed by atoms with Gasteiger partial charge in [0, 0.05) is 17.8 Å². The van der Waals surface area contributed by atoms with Crippen LogP contribution in [0.1, 0.15) is 26.3 Å². The molecule has 4 aromatic carbocycles. The summed E-state index contributed by atoms with van der Waals surface area (Å²) in [7, 11) is 1.51. The van der Waals surface area contributed by atoms with Gasteiger partial charge in [-0.15, -0.1) is 0 Å². The maximum atomic E-state index is 13.0. The molecule has 5 heteroatoms. The molecule has 5 aromatic rings. The van der Waals surface area contributed by atoms with E-state index in [4.69, 9.17) is 0 Å². The molecule has 0 unspecified atom stereocenters. The Morgan fingerprint density at radius 2 is 1.45 bits per heavy atom. The molecule has 0 fully saturated rings. The lowest BCUT2D eigenvalue weighted by Gasteiger charge is -2.12. The van der Waals surface area contributed by atoms with Gasteiger partial charge >= 0.3 is 0 Å². The van der Waals surface area contributed by atoms with Crippen molar-refractivity contribution in [3.8, 4) is 22.9 Å². The first-order valence-corrected chi connectivity index (χ1v) is 10.6. The van der Waals surface area contributed by atoms with Gasteiger partial charge in [0.15, 0.2) is 0 Å². The molecule has 0 aliphatic carbocycles. The maximum absolute atomic E-state index is 13.0. The van der Waals surface area contributed by atoms with Crippen LogP contribution in [0.2, 0.25) is 0 Å². The lowest BCUT2D eigenvalue weighted by atomic mass is 9.99. The standard InChI is InChI=1S/C28H17N3O2/c1-30-27(32)22-10-6-12-24(26(22)28(30)33)31-23-11-5-4-9-20(23)21-14-13-17(15-25(21)31)19-8-3-2-7-18(19)16-29/h2-15H,1H3. The lowest BCUT2D eigenvalue weighted by Crippen LogP contribution is -2.24. The molecule has 2 heterocycles. The van der Waals surface area contributed by atoms with Gasteiger partial charge < -0.3 is 4.57 Å². The van der Waals surface area contributed by atoms with Gasteiger partial charge in [-0.2, -0.15) is 5.26 Å². The number of aromatic nitrogens is 1. The predicted octanol–water partition coefficient (Wildman–Crippen LogP) is 5.55. The highest BCUT2D eigenvalue weighted by atomic mass is 16.2. The van der Waals surface area contributed by atoms with Gasteiger partial charge in [0.25, 0.3) is 11.8 Å². The SMILES string of the molecule is CN1C(=O)c2cccc(-n3c4ccccc4c4ccc(-c5ccccc5C#N)cc43)c2C1=O. The van der Waals surface area contributed by atoms with Crippen LogP contribution in [-0.4, -0.2) is 28.3 Å². The summed E-state index contributed by atoms with van der Waals surface area (Å²) in [5, 5.41) is 11.7. The number of carbonyl (C=O) groups excluding carboxylic acids is 2. The van der Waals surface area contributed by atoms with Crippen LogP contribution in [-0.2, 0) is 0 Å². The molecule has 0 saturated heterocycles. The Labute approximate surface area is 189 Å². The fraction of sp³-hybridized carbons (Fsp3) is 0.0357. The topological polar surface area (TPSA) is 66.1 Å². The van der Waals surface area contributed by atoms with E-state index in [1.54, 1.807) is 12.1 Å². The molecule has 0 N–H and O–H groups in total. The number of nitriles is 1. The van der Waals surface area contributed by atoms with Crippen molar-refractivity contribution in [3.05, 3.63) is 102 Å². The quantitative estimate of drug-likeness (QED) is 0.347. The average Bonchev–Trinajstić information content (AvgIpc) is 3.31. The number of imide groups is 1. The van der Waals surface area contributed by atoms with Crippen LogP contribution < -0.4 is 0 Å². The molecule has 0 bridgehead atoms. The van der Waals surface area contributed by atoms with Crippen LogP contribution >= 0.6 is 0 Å². The third kappa shape index (κ3) is 2.58. The molecule has 156 valence electrons. The maximum Gasteiger partial charge on any atom is 0.263 e. The van der Waals surface area contributed by atoms with Gasteiger partial charge in [0.1, 0.15) is 0 Å². The summed E-state index contributed by atoms with van der Waals surface area (Å²) >= 11 is 0. The minimum atomic E-state index is -0.303. The van der Waals surface area contributed by atoms with Crippen LogP contribution in [0.25, 0.3) is 38.6 Å². The van der Waals surface area contributed by atoms with Crippen molar-refractivity contribution in [3.63, 3.8) is 0 Å². The molecule has 0 spiro atoms. The monoisotopic (exact) mass is 427 g/mol. The van der Waals surface area contributed by atoms with Crippen molar-refractivity contribution in [2.24, 2.45) is 0 Å². The van der Waals surface area contributed by atoms with Crippen molar-refractivity contribution in [2.45, 2.75) is 0 Å². The van der Waals surface area contributed by atoms with Crippen LogP contribution in [0.5, 0.6) is 0 Å². The van der Waals surface area contributed by atoms with E-state index >= 15 is 0 Å². The number of hydrogen-bond donors (Lipinski definition) is 0. The Morgan fingerprint density at radius 1 is 0.727 bits per heavy atom. The number of hydrogen-bond acceptors (Lipinski definition) is 3. The van der Waals surface area contributed by atoms with E-state index in [0.29, 0.717) is 22.4 Å². The van der Waals surface area contributed by atoms with E-state index in [1.165, 1.54) is 7.05 Å². The third-order valence-corrected chi connectivity index (χ3v) is 6.37. The molecule has 0 saturated carbocycles. The summed E-state index contributed by atoms with van der Waals surface area (Å²) in [6, 6.07) is 29.3. The summed E-state index contributed by atoms with van der Waals surface area (Å²) in [5.41, 5.74) is 5.71. The van der Waals surface area contributed by atoms with E-state index in [1.807, 2.05) is 59.2 Å². The van der Waals surface area contributed by atoms with Gasteiger partial charge in [0.2, 0.25) is 0 Å². The number of benzene rings is 4. The van der Waals surface area contributed by atoms with Crippen molar-refractivity contribution >= 4 is 33.6 Å². The van der Waals surface area contributed by atoms with Gasteiger partial charge in [-0.1, -0.05) is 54.6 Å². The minimum Gasteiger partial charge on any atom is -0.308 e. The Morgan fingerprint density at radius 3 is 2.30 bits per heavy atom. The molecule has 0 atom stereocenters. The smallest absolute Gasteiger partial charge is 0.263 e. The van der Waals surface area contributed by atoms with Crippen molar-refractivity contribution < 1.29 is 9.59 Å². The highest BCUT2D eigenvalue weighted by Gasteiger charge is 2.35. The van der Waals surface area contributed by atoms with Gasteiger partial charge in [-0.05, 0) is 41.5 Å². The van der Waals surface area contributed by atoms with E-state index in [-0.39, 0.29) is 11.8 Å². The molecule has 1 aliphatic heterocycles. The second kappa shape index (κ2) is 6.91. The first kappa shape index (κ1) is 19.0. The van der Waals surface area contributed by atoms with Crippen LogP contribution in [0.3, 0.4) is 0 Å². The summed E-state index contributed by atoms with van der Waals surface area (Å²) in [6.45, 7) is 0. The number of fused-ring (bicyclic) bond motifs is 4. The summed E-state index contributed by atoms with van der Waals surface area (Å²) in [4.78, 5) is 26.8. The second-order valence-electron chi connectivity index (χ2n) is 8.11. The lowest BCUT2D eigenvalue weighted by molar-refractivity contribution is 0.0693. The molecule has 1 aliphatic rings. The Hall–Kier alpha value is -4.69. The summed E-state index contributed by atoms with van der Waals surface area (Å²) < 4.78 is 2.05. The number of carbonyl (C=O) groups is 2. The highest BCUT2D eigenvalue weighted by Crippen LogP contribution is 2.38. The first-order chi connectivity index (χ1) is 16.1. The number of amides is 2. The van der Waals surface area contributed by atoms with Crippen molar-refractivity contribution in [1.82, 2.24) is 9.47 Å². The van der Waals surface area contributed by atoms with E-state index < -0.39 is 0 Å². The molecular weight excluding hydrogens is 410 g/mol. The number of para-hydroxylation sites is 1. The van der Waals surface area contributed by atoms with Crippen LogP contribution in [0.4, 0.5) is 0 Å².